The molecule has 0 bridgehead atoms. The average Bonchev–Trinajstić information content (AvgIpc) is 3.05. The highest BCUT2D eigenvalue weighted by molar-refractivity contribution is 6.00. The van der Waals surface area contributed by atoms with Gasteiger partial charge in [-0.2, -0.15) is 0 Å². The number of rotatable bonds is 3. The lowest BCUT2D eigenvalue weighted by atomic mass is 10.2. The quantitative estimate of drug-likeness (QED) is 0.623. The lowest BCUT2D eigenvalue weighted by Crippen LogP contribution is -2.22. The third-order valence-electron chi connectivity index (χ3n) is 3.82. The van der Waals surface area contributed by atoms with Crippen molar-refractivity contribution < 1.29 is 9.18 Å². The number of hydrogen-bond donors (Lipinski definition) is 1. The van der Waals surface area contributed by atoms with Gasteiger partial charge in [-0.15, -0.1) is 0 Å². The third-order valence-corrected chi connectivity index (χ3v) is 3.82. The molecule has 0 fully saturated rings. The zero-order chi connectivity index (χ0) is 17.2. The molecule has 0 atom stereocenters. The highest BCUT2D eigenvalue weighted by atomic mass is 19.1. The topological polar surface area (TPSA) is 59.8 Å². The van der Waals surface area contributed by atoms with Crippen LogP contribution in [0.5, 0.6) is 0 Å². The number of nitrogens with zero attached hydrogens (tertiary/aromatic N) is 3. The SMILES string of the molecule is O=C(Nn1ccc2ccccc21)c1cnc(-c2cccc(F)c2)nc1. The van der Waals surface area contributed by atoms with Crippen LogP contribution in [0.3, 0.4) is 0 Å². The molecule has 0 saturated carbocycles. The fourth-order valence-electron chi connectivity index (χ4n) is 2.58. The number of halogens is 1. The fraction of sp³-hybridized carbons (Fsp3) is 0. The van der Waals surface area contributed by atoms with E-state index in [9.17, 15) is 9.18 Å². The molecule has 4 rings (SSSR count). The maximum Gasteiger partial charge on any atom is 0.273 e. The van der Waals surface area contributed by atoms with E-state index in [2.05, 4.69) is 15.4 Å². The van der Waals surface area contributed by atoms with E-state index in [-0.39, 0.29) is 11.7 Å². The minimum atomic E-state index is -0.359. The molecule has 0 saturated heterocycles. The summed E-state index contributed by atoms with van der Waals surface area (Å²) in [5, 5.41) is 1.03. The van der Waals surface area contributed by atoms with Crippen molar-refractivity contribution in [3.63, 3.8) is 0 Å². The van der Waals surface area contributed by atoms with E-state index in [1.807, 2.05) is 30.3 Å². The van der Waals surface area contributed by atoms with Gasteiger partial charge in [0, 0.05) is 29.5 Å². The monoisotopic (exact) mass is 332 g/mol. The second-order valence-corrected chi connectivity index (χ2v) is 5.49. The normalized spacial score (nSPS) is 10.8. The average molecular weight is 332 g/mol. The number of aromatic nitrogens is 3. The minimum absolute atomic E-state index is 0.318. The Kier molecular flexibility index (Phi) is 3.70. The van der Waals surface area contributed by atoms with Crippen molar-refractivity contribution in [1.82, 2.24) is 14.6 Å². The second kappa shape index (κ2) is 6.16. The summed E-state index contributed by atoms with van der Waals surface area (Å²) in [5.41, 5.74) is 4.56. The van der Waals surface area contributed by atoms with Gasteiger partial charge < -0.3 is 0 Å². The Bertz CT molecular complexity index is 1060. The first-order valence-electron chi connectivity index (χ1n) is 7.66. The van der Waals surface area contributed by atoms with E-state index in [1.165, 1.54) is 24.5 Å². The lowest BCUT2D eigenvalue weighted by Gasteiger charge is -2.08. The number of fused-ring (bicyclic) bond motifs is 1. The van der Waals surface area contributed by atoms with Crippen LogP contribution in [0.1, 0.15) is 10.4 Å². The first-order chi connectivity index (χ1) is 12.2. The van der Waals surface area contributed by atoms with E-state index in [0.29, 0.717) is 17.0 Å². The molecule has 0 aliphatic heterocycles. The van der Waals surface area contributed by atoms with Gasteiger partial charge in [0.25, 0.3) is 5.91 Å². The van der Waals surface area contributed by atoms with Gasteiger partial charge in [0.15, 0.2) is 5.82 Å². The number of amides is 1. The standard InChI is InChI=1S/C19H13FN4O/c20-16-6-3-5-14(10-16)18-21-11-15(12-22-18)19(25)23-24-9-8-13-4-1-2-7-17(13)24/h1-12H,(H,23,25). The van der Waals surface area contributed by atoms with Gasteiger partial charge in [0.2, 0.25) is 0 Å². The van der Waals surface area contributed by atoms with Crippen LogP contribution in [-0.4, -0.2) is 20.6 Å². The molecule has 5 nitrogen and oxygen atoms in total. The van der Waals surface area contributed by atoms with Gasteiger partial charge >= 0.3 is 0 Å². The van der Waals surface area contributed by atoms with Crippen LogP contribution in [0.4, 0.5) is 4.39 Å². The summed E-state index contributed by atoms with van der Waals surface area (Å²) in [7, 11) is 0. The molecule has 25 heavy (non-hydrogen) atoms. The van der Waals surface area contributed by atoms with Crippen molar-refractivity contribution in [2.24, 2.45) is 0 Å². The number of para-hydroxylation sites is 1. The summed E-state index contributed by atoms with van der Waals surface area (Å²) in [4.78, 5) is 20.7. The Morgan fingerprint density at radius 1 is 1.00 bits per heavy atom. The molecule has 1 N–H and O–H groups in total. The van der Waals surface area contributed by atoms with Crippen LogP contribution in [0.2, 0.25) is 0 Å². The van der Waals surface area contributed by atoms with E-state index >= 15 is 0 Å². The molecule has 2 aromatic heterocycles. The molecule has 2 aromatic carbocycles. The predicted molar refractivity (Wildman–Crippen MR) is 93.1 cm³/mol. The predicted octanol–water partition coefficient (Wildman–Crippen LogP) is 3.62. The summed E-state index contributed by atoms with van der Waals surface area (Å²) in [6, 6.07) is 15.6. The minimum Gasteiger partial charge on any atom is -0.267 e. The van der Waals surface area contributed by atoms with E-state index < -0.39 is 0 Å². The molecule has 122 valence electrons. The van der Waals surface area contributed by atoms with Crippen molar-refractivity contribution in [2.75, 3.05) is 5.43 Å². The van der Waals surface area contributed by atoms with Crippen LogP contribution in [0, 0.1) is 5.82 Å². The Balaban J connectivity index is 1.56. The summed E-state index contributed by atoms with van der Waals surface area (Å²) in [5.74, 6) is -0.322. The van der Waals surface area contributed by atoms with Crippen LogP contribution in [0.25, 0.3) is 22.3 Å². The molecule has 0 radical (unpaired) electrons. The highest BCUT2D eigenvalue weighted by Crippen LogP contribution is 2.16. The largest absolute Gasteiger partial charge is 0.273 e. The molecule has 0 aliphatic rings. The summed E-state index contributed by atoms with van der Waals surface area (Å²) in [6.45, 7) is 0. The van der Waals surface area contributed by atoms with Crippen molar-refractivity contribution in [2.45, 2.75) is 0 Å². The Hall–Kier alpha value is -3.54. The van der Waals surface area contributed by atoms with Gasteiger partial charge in [-0.1, -0.05) is 30.3 Å². The maximum atomic E-state index is 13.3. The summed E-state index contributed by atoms with van der Waals surface area (Å²) >= 11 is 0. The number of carbonyl (C=O) groups is 1. The van der Waals surface area contributed by atoms with Gasteiger partial charge in [0.1, 0.15) is 5.82 Å². The third kappa shape index (κ3) is 2.97. The smallest absolute Gasteiger partial charge is 0.267 e. The Morgan fingerprint density at radius 2 is 1.80 bits per heavy atom. The summed E-state index contributed by atoms with van der Waals surface area (Å²) < 4.78 is 14.9. The van der Waals surface area contributed by atoms with Crippen molar-refractivity contribution in [3.8, 4) is 11.4 Å². The van der Waals surface area contributed by atoms with Gasteiger partial charge in [-0.3, -0.25) is 14.9 Å². The molecule has 2 heterocycles. The van der Waals surface area contributed by atoms with Crippen molar-refractivity contribution in [3.05, 3.63) is 84.6 Å². The van der Waals surface area contributed by atoms with Crippen LogP contribution in [0.15, 0.2) is 73.2 Å². The maximum absolute atomic E-state index is 13.3. The van der Waals surface area contributed by atoms with Crippen molar-refractivity contribution in [1.29, 1.82) is 0 Å². The van der Waals surface area contributed by atoms with Gasteiger partial charge in [-0.05, 0) is 24.3 Å². The van der Waals surface area contributed by atoms with E-state index in [1.54, 1.807) is 23.0 Å². The summed E-state index contributed by atoms with van der Waals surface area (Å²) in [6.07, 6.45) is 4.63. The molecule has 0 aliphatic carbocycles. The molecule has 1 amide bonds. The van der Waals surface area contributed by atoms with Crippen molar-refractivity contribution >= 4 is 16.8 Å². The molecular weight excluding hydrogens is 319 g/mol. The number of carbonyl (C=O) groups excluding carboxylic acids is 1. The van der Waals surface area contributed by atoms with E-state index in [4.69, 9.17) is 0 Å². The molecule has 6 heteroatoms. The fourth-order valence-corrected chi connectivity index (χ4v) is 2.58. The second-order valence-electron chi connectivity index (χ2n) is 5.49. The highest BCUT2D eigenvalue weighted by Gasteiger charge is 2.10. The Labute approximate surface area is 142 Å². The van der Waals surface area contributed by atoms with Gasteiger partial charge in [0.05, 0.1) is 11.1 Å². The molecule has 0 unspecified atom stereocenters. The van der Waals surface area contributed by atoms with E-state index in [0.717, 1.165) is 10.9 Å². The van der Waals surface area contributed by atoms with Crippen LogP contribution in [-0.2, 0) is 0 Å². The first-order valence-corrected chi connectivity index (χ1v) is 7.66. The van der Waals surface area contributed by atoms with Gasteiger partial charge in [-0.25, -0.2) is 14.4 Å². The number of benzene rings is 2. The number of nitrogens with one attached hydrogen (secondary N) is 1. The molecular formula is C19H13FN4O. The Morgan fingerprint density at radius 3 is 2.60 bits per heavy atom. The zero-order valence-corrected chi connectivity index (χ0v) is 13.1. The lowest BCUT2D eigenvalue weighted by molar-refractivity contribution is 0.101. The van der Waals surface area contributed by atoms with Crippen LogP contribution >= 0.6 is 0 Å². The number of hydrogen-bond acceptors (Lipinski definition) is 3. The zero-order valence-electron chi connectivity index (χ0n) is 13.1. The first kappa shape index (κ1) is 15.0. The molecule has 0 spiro atoms. The van der Waals surface area contributed by atoms with Crippen LogP contribution < -0.4 is 5.43 Å². The molecule has 4 aromatic rings.